The molecule has 3 unspecified atom stereocenters. The third kappa shape index (κ3) is 3.05. The van der Waals surface area contributed by atoms with Crippen LogP contribution < -0.4 is 5.32 Å². The van der Waals surface area contributed by atoms with Gasteiger partial charge in [-0.05, 0) is 41.0 Å². The third-order valence-electron chi connectivity index (χ3n) is 6.00. The van der Waals surface area contributed by atoms with Gasteiger partial charge in [0.1, 0.15) is 0 Å². The van der Waals surface area contributed by atoms with Crippen molar-refractivity contribution in [3.63, 3.8) is 0 Å². The van der Waals surface area contributed by atoms with Crippen LogP contribution in [0.25, 0.3) is 0 Å². The zero-order valence-corrected chi connectivity index (χ0v) is 16.6. The van der Waals surface area contributed by atoms with E-state index in [2.05, 4.69) is 61.6 Å². The fourth-order valence-electron chi connectivity index (χ4n) is 4.46. The molecule has 1 amide bonds. The number of hydrogen-bond donors (Lipinski definition) is 1. The van der Waals surface area contributed by atoms with Crippen LogP contribution in [-0.4, -0.2) is 24.9 Å². The Morgan fingerprint density at radius 2 is 1.85 bits per heavy atom. The van der Waals surface area contributed by atoms with Crippen molar-refractivity contribution in [3.05, 3.63) is 76.9 Å². The molecule has 2 aromatic rings. The van der Waals surface area contributed by atoms with Crippen molar-refractivity contribution in [2.45, 2.75) is 38.1 Å². The van der Waals surface area contributed by atoms with E-state index >= 15 is 0 Å². The van der Waals surface area contributed by atoms with Crippen LogP contribution in [0, 0.1) is 5.92 Å². The molecular formula is C24H28N2O. The smallest absolute Gasteiger partial charge is 0.255 e. The SMILES string of the molecule is CC(C)c1ccc(C2Nc3c(C(=O)N(C)C)cccc3C3C=CCC32)cc1. The first kappa shape index (κ1) is 17.8. The Hall–Kier alpha value is -2.55. The van der Waals surface area contributed by atoms with Crippen molar-refractivity contribution in [1.82, 2.24) is 4.90 Å². The lowest BCUT2D eigenvalue weighted by Crippen LogP contribution is -2.32. The first-order chi connectivity index (χ1) is 13.0. The van der Waals surface area contributed by atoms with Gasteiger partial charge in [0.25, 0.3) is 5.91 Å². The molecule has 0 spiro atoms. The minimum Gasteiger partial charge on any atom is -0.377 e. The molecule has 0 fully saturated rings. The summed E-state index contributed by atoms with van der Waals surface area (Å²) in [7, 11) is 3.62. The molecule has 0 aromatic heterocycles. The lowest BCUT2D eigenvalue weighted by molar-refractivity contribution is 0.0828. The van der Waals surface area contributed by atoms with Crippen molar-refractivity contribution in [2.75, 3.05) is 19.4 Å². The number of carbonyl (C=O) groups excluding carboxylic acids is 1. The van der Waals surface area contributed by atoms with Crippen molar-refractivity contribution in [3.8, 4) is 0 Å². The van der Waals surface area contributed by atoms with E-state index in [0.717, 1.165) is 17.7 Å². The molecule has 0 bridgehead atoms. The molecule has 0 saturated heterocycles. The van der Waals surface area contributed by atoms with Gasteiger partial charge in [0.05, 0.1) is 17.3 Å². The second kappa shape index (κ2) is 6.88. The van der Waals surface area contributed by atoms with E-state index in [1.807, 2.05) is 26.2 Å². The number of fused-ring (bicyclic) bond motifs is 3. The number of para-hydroxylation sites is 1. The molecule has 4 rings (SSSR count). The van der Waals surface area contributed by atoms with Gasteiger partial charge in [-0.25, -0.2) is 0 Å². The summed E-state index contributed by atoms with van der Waals surface area (Å²) >= 11 is 0. The maximum Gasteiger partial charge on any atom is 0.255 e. The Bertz CT molecular complexity index is 880. The molecule has 0 saturated carbocycles. The maximum atomic E-state index is 12.7. The number of amides is 1. The molecule has 1 aliphatic carbocycles. The standard InChI is InChI=1S/C24H28N2O/c1-15(2)16-11-13-17(14-12-16)22-19-8-5-7-18(19)20-9-6-10-21(23(20)25-22)24(27)26(3)4/h5-7,9-15,18-19,22,25H,8H2,1-4H3. The fraction of sp³-hybridized carbons (Fsp3) is 0.375. The van der Waals surface area contributed by atoms with Crippen LogP contribution >= 0.6 is 0 Å². The minimum absolute atomic E-state index is 0.0497. The van der Waals surface area contributed by atoms with Gasteiger partial charge in [-0.3, -0.25) is 4.79 Å². The van der Waals surface area contributed by atoms with Crippen LogP contribution in [0.2, 0.25) is 0 Å². The number of anilines is 1. The van der Waals surface area contributed by atoms with Crippen molar-refractivity contribution >= 4 is 11.6 Å². The number of benzene rings is 2. The number of allylic oxidation sites excluding steroid dienone is 2. The predicted molar refractivity (Wildman–Crippen MR) is 111 cm³/mol. The Kier molecular flexibility index (Phi) is 4.55. The Morgan fingerprint density at radius 3 is 2.52 bits per heavy atom. The molecule has 3 atom stereocenters. The molecule has 2 aromatic carbocycles. The quantitative estimate of drug-likeness (QED) is 0.750. The van der Waals surface area contributed by atoms with Gasteiger partial charge in [-0.2, -0.15) is 0 Å². The highest BCUT2D eigenvalue weighted by Crippen LogP contribution is 2.50. The van der Waals surface area contributed by atoms with Crippen LogP contribution in [0.5, 0.6) is 0 Å². The summed E-state index contributed by atoms with van der Waals surface area (Å²) in [5.41, 5.74) is 5.67. The number of carbonyl (C=O) groups is 1. The van der Waals surface area contributed by atoms with Crippen LogP contribution in [-0.2, 0) is 0 Å². The summed E-state index contributed by atoms with van der Waals surface area (Å²) in [5.74, 6) is 1.44. The molecule has 27 heavy (non-hydrogen) atoms. The number of rotatable bonds is 3. The fourth-order valence-corrected chi connectivity index (χ4v) is 4.46. The molecule has 3 heteroatoms. The van der Waals surface area contributed by atoms with Crippen LogP contribution in [0.15, 0.2) is 54.6 Å². The van der Waals surface area contributed by atoms with Crippen LogP contribution in [0.4, 0.5) is 5.69 Å². The van der Waals surface area contributed by atoms with Crippen molar-refractivity contribution in [2.24, 2.45) is 5.92 Å². The second-order valence-corrected chi connectivity index (χ2v) is 8.27. The van der Waals surface area contributed by atoms with E-state index in [-0.39, 0.29) is 11.9 Å². The van der Waals surface area contributed by atoms with Crippen LogP contribution in [0.3, 0.4) is 0 Å². The van der Waals surface area contributed by atoms with Gasteiger partial charge >= 0.3 is 0 Å². The summed E-state index contributed by atoms with van der Waals surface area (Å²) in [4.78, 5) is 14.4. The van der Waals surface area contributed by atoms with E-state index in [1.165, 1.54) is 16.7 Å². The number of hydrogen-bond acceptors (Lipinski definition) is 2. The normalized spacial score (nSPS) is 22.9. The van der Waals surface area contributed by atoms with Crippen LogP contribution in [0.1, 0.15) is 65.2 Å². The summed E-state index contributed by atoms with van der Waals surface area (Å²) in [6.45, 7) is 4.44. The molecule has 0 radical (unpaired) electrons. The molecule has 1 aliphatic heterocycles. The number of nitrogens with zero attached hydrogens (tertiary/aromatic N) is 1. The van der Waals surface area contributed by atoms with Gasteiger partial charge in [-0.15, -0.1) is 0 Å². The van der Waals surface area contributed by atoms with E-state index in [1.54, 1.807) is 4.90 Å². The summed E-state index contributed by atoms with van der Waals surface area (Å²) < 4.78 is 0. The highest BCUT2D eigenvalue weighted by atomic mass is 16.2. The molecule has 3 nitrogen and oxygen atoms in total. The van der Waals surface area contributed by atoms with E-state index in [4.69, 9.17) is 0 Å². The van der Waals surface area contributed by atoms with E-state index < -0.39 is 0 Å². The Balaban J connectivity index is 1.77. The zero-order chi connectivity index (χ0) is 19.1. The van der Waals surface area contributed by atoms with Gasteiger partial charge in [-0.1, -0.05) is 62.4 Å². The highest BCUT2D eigenvalue weighted by Gasteiger charge is 2.39. The predicted octanol–water partition coefficient (Wildman–Crippen LogP) is 5.34. The topological polar surface area (TPSA) is 32.3 Å². The second-order valence-electron chi connectivity index (χ2n) is 8.27. The van der Waals surface area contributed by atoms with Gasteiger partial charge in [0.15, 0.2) is 0 Å². The average molecular weight is 361 g/mol. The van der Waals surface area contributed by atoms with Crippen molar-refractivity contribution in [1.29, 1.82) is 0 Å². The van der Waals surface area contributed by atoms with Gasteiger partial charge in [0, 0.05) is 20.0 Å². The van der Waals surface area contributed by atoms with E-state index in [0.29, 0.717) is 17.8 Å². The number of nitrogens with one attached hydrogen (secondary N) is 1. The maximum absolute atomic E-state index is 12.7. The average Bonchev–Trinajstić information content (AvgIpc) is 3.16. The summed E-state index contributed by atoms with van der Waals surface area (Å²) in [6.07, 6.45) is 5.69. The minimum atomic E-state index is 0.0497. The summed E-state index contributed by atoms with van der Waals surface area (Å²) in [5, 5.41) is 3.75. The van der Waals surface area contributed by atoms with Crippen molar-refractivity contribution < 1.29 is 4.79 Å². The third-order valence-corrected chi connectivity index (χ3v) is 6.00. The van der Waals surface area contributed by atoms with E-state index in [9.17, 15) is 4.79 Å². The molecule has 140 valence electrons. The molecular weight excluding hydrogens is 332 g/mol. The first-order valence-corrected chi connectivity index (χ1v) is 9.85. The lowest BCUT2D eigenvalue weighted by Gasteiger charge is -2.38. The molecule has 2 aliphatic rings. The first-order valence-electron chi connectivity index (χ1n) is 9.85. The lowest BCUT2D eigenvalue weighted by atomic mass is 9.76. The van der Waals surface area contributed by atoms with Gasteiger partial charge in [0.2, 0.25) is 0 Å². The largest absolute Gasteiger partial charge is 0.377 e. The van der Waals surface area contributed by atoms with Gasteiger partial charge < -0.3 is 10.2 Å². The highest BCUT2D eigenvalue weighted by molar-refractivity contribution is 6.00. The monoisotopic (exact) mass is 360 g/mol. The Labute approximate surface area is 162 Å². The molecule has 1 heterocycles. The summed E-state index contributed by atoms with van der Waals surface area (Å²) in [6, 6.07) is 15.3. The Morgan fingerprint density at radius 1 is 1.11 bits per heavy atom. The zero-order valence-electron chi connectivity index (χ0n) is 16.6. The molecule has 1 N–H and O–H groups in total.